The van der Waals surface area contributed by atoms with E-state index in [0.29, 0.717) is 5.13 Å². The van der Waals surface area contributed by atoms with E-state index in [1.54, 1.807) is 0 Å². The SMILES string of the molecule is CN(C)c1ccc(-c2nnc(N)s2)cc1. The summed E-state index contributed by atoms with van der Waals surface area (Å²) >= 11 is 1.40. The minimum atomic E-state index is 0.502. The highest BCUT2D eigenvalue weighted by Crippen LogP contribution is 2.26. The molecule has 0 radical (unpaired) electrons. The molecule has 4 nitrogen and oxygen atoms in total. The Hall–Kier alpha value is -1.62. The van der Waals surface area contributed by atoms with Crippen LogP contribution in [-0.4, -0.2) is 24.3 Å². The first-order valence-electron chi connectivity index (χ1n) is 4.53. The number of rotatable bonds is 2. The molecule has 0 amide bonds. The van der Waals surface area contributed by atoms with Gasteiger partial charge in [-0.15, -0.1) is 10.2 Å². The van der Waals surface area contributed by atoms with Gasteiger partial charge >= 0.3 is 0 Å². The number of nitrogen functional groups attached to an aromatic ring is 1. The number of hydrogen-bond donors (Lipinski definition) is 1. The first-order chi connectivity index (χ1) is 7.16. The van der Waals surface area contributed by atoms with E-state index in [9.17, 15) is 0 Å². The second-order valence-corrected chi connectivity index (χ2v) is 4.40. The van der Waals surface area contributed by atoms with Crippen LogP contribution in [0, 0.1) is 0 Å². The molecule has 5 heteroatoms. The highest BCUT2D eigenvalue weighted by Gasteiger charge is 2.04. The lowest BCUT2D eigenvalue weighted by Crippen LogP contribution is -2.07. The Balaban J connectivity index is 2.31. The third kappa shape index (κ3) is 2.07. The molecular formula is C10H12N4S. The normalized spacial score (nSPS) is 10.3. The molecule has 2 aromatic rings. The van der Waals surface area contributed by atoms with Crippen LogP contribution in [0.5, 0.6) is 0 Å². The van der Waals surface area contributed by atoms with Gasteiger partial charge in [0.2, 0.25) is 5.13 Å². The molecule has 0 aliphatic rings. The summed E-state index contributed by atoms with van der Waals surface area (Å²) in [6, 6.07) is 8.14. The minimum absolute atomic E-state index is 0.502. The van der Waals surface area contributed by atoms with Crippen molar-refractivity contribution in [1.82, 2.24) is 10.2 Å². The van der Waals surface area contributed by atoms with Crippen LogP contribution in [0.3, 0.4) is 0 Å². The monoisotopic (exact) mass is 220 g/mol. The van der Waals surface area contributed by atoms with E-state index >= 15 is 0 Å². The second kappa shape index (κ2) is 3.86. The highest BCUT2D eigenvalue weighted by molar-refractivity contribution is 7.18. The van der Waals surface area contributed by atoms with Crippen LogP contribution in [0.1, 0.15) is 0 Å². The lowest BCUT2D eigenvalue weighted by Gasteiger charge is -2.11. The van der Waals surface area contributed by atoms with Crippen molar-refractivity contribution >= 4 is 22.2 Å². The molecule has 0 unspecified atom stereocenters. The van der Waals surface area contributed by atoms with E-state index in [1.165, 1.54) is 11.3 Å². The fourth-order valence-electron chi connectivity index (χ4n) is 1.25. The van der Waals surface area contributed by atoms with Gasteiger partial charge in [0.1, 0.15) is 5.01 Å². The van der Waals surface area contributed by atoms with Gasteiger partial charge in [0.15, 0.2) is 0 Å². The fraction of sp³-hybridized carbons (Fsp3) is 0.200. The van der Waals surface area contributed by atoms with Crippen LogP contribution in [0.2, 0.25) is 0 Å². The van der Waals surface area contributed by atoms with Crippen LogP contribution < -0.4 is 10.6 Å². The van der Waals surface area contributed by atoms with Crippen LogP contribution >= 0.6 is 11.3 Å². The Kier molecular flexibility index (Phi) is 2.55. The Labute approximate surface area is 92.4 Å². The van der Waals surface area contributed by atoms with Crippen LogP contribution in [0.4, 0.5) is 10.8 Å². The van der Waals surface area contributed by atoms with Crippen LogP contribution in [0.15, 0.2) is 24.3 Å². The molecule has 0 spiro atoms. The molecular weight excluding hydrogens is 208 g/mol. The fourth-order valence-corrected chi connectivity index (χ4v) is 1.87. The molecule has 0 saturated carbocycles. The Morgan fingerprint density at radius 1 is 1.13 bits per heavy atom. The number of benzene rings is 1. The van der Waals surface area contributed by atoms with Gasteiger partial charge in [0, 0.05) is 25.3 Å². The number of aromatic nitrogens is 2. The van der Waals surface area contributed by atoms with Gasteiger partial charge in [-0.1, -0.05) is 11.3 Å². The maximum absolute atomic E-state index is 5.53. The number of anilines is 2. The summed E-state index contributed by atoms with van der Waals surface area (Å²) < 4.78 is 0. The molecule has 0 aliphatic heterocycles. The summed E-state index contributed by atoms with van der Waals surface area (Å²) in [5.74, 6) is 0. The van der Waals surface area contributed by atoms with Crippen molar-refractivity contribution in [2.24, 2.45) is 0 Å². The van der Waals surface area contributed by atoms with Crippen molar-refractivity contribution in [1.29, 1.82) is 0 Å². The summed E-state index contributed by atoms with van der Waals surface area (Å²) in [7, 11) is 4.02. The molecule has 1 aromatic heterocycles. The maximum atomic E-state index is 5.53. The molecule has 0 atom stereocenters. The first-order valence-corrected chi connectivity index (χ1v) is 5.35. The molecule has 2 N–H and O–H groups in total. The van der Waals surface area contributed by atoms with Crippen molar-refractivity contribution in [2.45, 2.75) is 0 Å². The topological polar surface area (TPSA) is 55.0 Å². The van der Waals surface area contributed by atoms with Crippen molar-refractivity contribution in [3.8, 4) is 10.6 Å². The van der Waals surface area contributed by atoms with Crippen molar-refractivity contribution in [2.75, 3.05) is 24.7 Å². The van der Waals surface area contributed by atoms with E-state index in [-0.39, 0.29) is 0 Å². The molecule has 15 heavy (non-hydrogen) atoms. The molecule has 0 aliphatic carbocycles. The summed E-state index contributed by atoms with van der Waals surface area (Å²) in [5.41, 5.74) is 7.74. The second-order valence-electron chi connectivity index (χ2n) is 3.39. The lowest BCUT2D eigenvalue weighted by molar-refractivity contribution is 1.10. The third-order valence-electron chi connectivity index (χ3n) is 2.07. The van der Waals surface area contributed by atoms with E-state index in [2.05, 4.69) is 15.1 Å². The zero-order valence-corrected chi connectivity index (χ0v) is 9.45. The quantitative estimate of drug-likeness (QED) is 0.839. The predicted octanol–water partition coefficient (Wildman–Crippen LogP) is 1.85. The number of nitrogens with two attached hydrogens (primary N) is 1. The maximum Gasteiger partial charge on any atom is 0.203 e. The molecule has 1 aromatic carbocycles. The summed E-state index contributed by atoms with van der Waals surface area (Å²) in [6.07, 6.45) is 0. The number of nitrogens with zero attached hydrogens (tertiary/aromatic N) is 3. The van der Waals surface area contributed by atoms with E-state index in [1.807, 2.05) is 38.4 Å². The van der Waals surface area contributed by atoms with Crippen molar-refractivity contribution in [3.63, 3.8) is 0 Å². The molecule has 0 fully saturated rings. The van der Waals surface area contributed by atoms with Gasteiger partial charge in [-0.2, -0.15) is 0 Å². The zero-order chi connectivity index (χ0) is 10.8. The van der Waals surface area contributed by atoms with E-state index in [0.717, 1.165) is 16.3 Å². The Morgan fingerprint density at radius 2 is 1.80 bits per heavy atom. The van der Waals surface area contributed by atoms with Gasteiger partial charge in [0.05, 0.1) is 0 Å². The van der Waals surface area contributed by atoms with Gasteiger partial charge < -0.3 is 10.6 Å². The third-order valence-corrected chi connectivity index (χ3v) is 2.87. The van der Waals surface area contributed by atoms with Crippen molar-refractivity contribution < 1.29 is 0 Å². The van der Waals surface area contributed by atoms with Crippen LogP contribution in [0.25, 0.3) is 10.6 Å². The smallest absolute Gasteiger partial charge is 0.203 e. The lowest BCUT2D eigenvalue weighted by atomic mass is 10.2. The largest absolute Gasteiger partial charge is 0.378 e. The van der Waals surface area contributed by atoms with Gasteiger partial charge in [0.25, 0.3) is 0 Å². The summed E-state index contributed by atoms with van der Waals surface area (Å²) in [4.78, 5) is 2.05. The number of hydrogen-bond acceptors (Lipinski definition) is 5. The van der Waals surface area contributed by atoms with Gasteiger partial charge in [-0.3, -0.25) is 0 Å². The first kappa shape index (κ1) is 9.92. The molecule has 78 valence electrons. The minimum Gasteiger partial charge on any atom is -0.378 e. The average molecular weight is 220 g/mol. The average Bonchev–Trinajstić information content (AvgIpc) is 2.65. The zero-order valence-electron chi connectivity index (χ0n) is 8.64. The van der Waals surface area contributed by atoms with Gasteiger partial charge in [-0.25, -0.2) is 0 Å². The van der Waals surface area contributed by atoms with Crippen LogP contribution in [-0.2, 0) is 0 Å². The standard InChI is InChI=1S/C10H12N4S/c1-14(2)8-5-3-7(4-6-8)9-12-13-10(11)15-9/h3-6H,1-2H3,(H2,11,13). The Bertz CT molecular complexity index is 447. The van der Waals surface area contributed by atoms with E-state index in [4.69, 9.17) is 5.73 Å². The summed E-state index contributed by atoms with van der Waals surface area (Å²) in [5, 5.41) is 9.14. The molecule has 2 rings (SSSR count). The summed E-state index contributed by atoms with van der Waals surface area (Å²) in [6.45, 7) is 0. The molecule has 0 saturated heterocycles. The predicted molar refractivity (Wildman–Crippen MR) is 64.1 cm³/mol. The Morgan fingerprint density at radius 3 is 2.27 bits per heavy atom. The molecule has 1 heterocycles. The molecule has 0 bridgehead atoms. The van der Waals surface area contributed by atoms with E-state index < -0.39 is 0 Å². The van der Waals surface area contributed by atoms with Crippen molar-refractivity contribution in [3.05, 3.63) is 24.3 Å². The van der Waals surface area contributed by atoms with Gasteiger partial charge in [-0.05, 0) is 24.3 Å². The highest BCUT2D eigenvalue weighted by atomic mass is 32.1.